The zero-order valence-corrected chi connectivity index (χ0v) is 11.0. The number of nitrogens with zero attached hydrogens (tertiary/aromatic N) is 1. The molecular weight excluding hydrogens is 269 g/mol. The lowest BCUT2D eigenvalue weighted by molar-refractivity contribution is -0.135. The van der Waals surface area contributed by atoms with E-state index in [2.05, 4.69) is 11.8 Å². The number of alkyl halides is 1. The quantitative estimate of drug-likeness (QED) is 0.482. The Morgan fingerprint density at radius 3 is 2.38 bits per heavy atom. The van der Waals surface area contributed by atoms with E-state index in [1.54, 1.807) is 48.5 Å². The third-order valence-electron chi connectivity index (χ3n) is 2.54. The zero-order valence-electron chi connectivity index (χ0n) is 11.0. The predicted molar refractivity (Wildman–Crippen MR) is 75.2 cm³/mol. The molecule has 4 heteroatoms. The van der Waals surface area contributed by atoms with E-state index in [0.29, 0.717) is 11.1 Å². The molecule has 0 bridgehead atoms. The van der Waals surface area contributed by atoms with E-state index in [1.807, 2.05) is 6.07 Å². The Labute approximate surface area is 121 Å². The molecule has 2 rings (SSSR count). The van der Waals surface area contributed by atoms with Crippen molar-refractivity contribution in [1.82, 2.24) is 0 Å². The second-order valence-corrected chi connectivity index (χ2v) is 4.07. The zero-order chi connectivity index (χ0) is 15.1. The van der Waals surface area contributed by atoms with Crippen LogP contribution in [0.25, 0.3) is 0 Å². The minimum Gasteiger partial charge on any atom is -0.425 e. The predicted octanol–water partition coefficient (Wildman–Crippen LogP) is 2.83. The van der Waals surface area contributed by atoms with Crippen molar-refractivity contribution in [3.05, 3.63) is 65.2 Å². The molecular formula is C17H10FNO2. The summed E-state index contributed by atoms with van der Waals surface area (Å²) in [6.45, 7) is -1.17. The number of hydrogen-bond donors (Lipinski definition) is 0. The number of rotatable bonds is 2. The van der Waals surface area contributed by atoms with Gasteiger partial charge < -0.3 is 4.74 Å². The molecule has 0 aliphatic heterocycles. The van der Waals surface area contributed by atoms with E-state index in [9.17, 15) is 9.18 Å². The highest BCUT2D eigenvalue weighted by molar-refractivity contribution is 5.73. The molecule has 0 N–H and O–H groups in total. The van der Waals surface area contributed by atoms with Crippen molar-refractivity contribution in [2.45, 2.75) is 0 Å². The summed E-state index contributed by atoms with van der Waals surface area (Å²) in [6.07, 6.45) is 0. The van der Waals surface area contributed by atoms with Crippen molar-refractivity contribution in [1.29, 1.82) is 5.26 Å². The van der Waals surface area contributed by atoms with Gasteiger partial charge in [0.15, 0.2) is 6.67 Å². The van der Waals surface area contributed by atoms with Gasteiger partial charge in [0.05, 0.1) is 11.6 Å². The average Bonchev–Trinajstić information content (AvgIpc) is 2.53. The van der Waals surface area contributed by atoms with Crippen LogP contribution in [-0.2, 0) is 4.79 Å². The van der Waals surface area contributed by atoms with Crippen molar-refractivity contribution < 1.29 is 13.9 Å². The maximum Gasteiger partial charge on any atom is 0.342 e. The maximum atomic E-state index is 12.1. The molecule has 0 saturated carbocycles. The lowest BCUT2D eigenvalue weighted by atomic mass is 10.1. The second-order valence-electron chi connectivity index (χ2n) is 4.07. The lowest BCUT2D eigenvalue weighted by Gasteiger charge is -2.01. The van der Waals surface area contributed by atoms with Gasteiger partial charge in [0, 0.05) is 11.1 Å². The molecule has 0 atom stereocenters. The van der Waals surface area contributed by atoms with Crippen LogP contribution in [0.1, 0.15) is 16.7 Å². The lowest BCUT2D eigenvalue weighted by Crippen LogP contribution is -2.09. The van der Waals surface area contributed by atoms with Crippen LogP contribution in [0.3, 0.4) is 0 Å². The number of halogens is 1. The third kappa shape index (κ3) is 4.19. The van der Waals surface area contributed by atoms with Crippen LogP contribution < -0.4 is 4.74 Å². The van der Waals surface area contributed by atoms with E-state index < -0.39 is 12.6 Å². The molecule has 0 fully saturated rings. The first-order chi connectivity index (χ1) is 10.2. The summed E-state index contributed by atoms with van der Waals surface area (Å²) in [5.41, 5.74) is 1.98. The molecule has 0 spiro atoms. The van der Waals surface area contributed by atoms with E-state index in [0.717, 1.165) is 5.56 Å². The summed E-state index contributed by atoms with van der Waals surface area (Å²) in [6, 6.07) is 15.4. The minimum absolute atomic E-state index is 0.254. The summed E-state index contributed by atoms with van der Waals surface area (Å²) >= 11 is 0. The highest BCUT2D eigenvalue weighted by atomic mass is 19.1. The Balaban J connectivity index is 2.16. The Kier molecular flexibility index (Phi) is 4.69. The van der Waals surface area contributed by atoms with Crippen molar-refractivity contribution in [3.63, 3.8) is 0 Å². The average molecular weight is 279 g/mol. The first-order valence-corrected chi connectivity index (χ1v) is 6.10. The molecule has 3 nitrogen and oxygen atoms in total. The number of benzene rings is 2. The Bertz CT molecular complexity index is 749. The van der Waals surface area contributed by atoms with Crippen molar-refractivity contribution >= 4 is 5.97 Å². The first kappa shape index (κ1) is 14.3. The highest BCUT2D eigenvalue weighted by Crippen LogP contribution is 2.13. The molecule has 21 heavy (non-hydrogen) atoms. The maximum absolute atomic E-state index is 12.1. The summed E-state index contributed by atoms with van der Waals surface area (Å²) < 4.78 is 16.8. The number of carbonyl (C=O) groups excluding carboxylic acids is 1. The molecule has 2 aromatic rings. The van der Waals surface area contributed by atoms with E-state index >= 15 is 0 Å². The van der Waals surface area contributed by atoms with Gasteiger partial charge in [-0.2, -0.15) is 5.26 Å². The molecule has 0 amide bonds. The molecule has 0 radical (unpaired) electrons. The van der Waals surface area contributed by atoms with Gasteiger partial charge in [-0.25, -0.2) is 9.18 Å². The number of esters is 1. The summed E-state index contributed by atoms with van der Waals surface area (Å²) in [4.78, 5) is 10.9. The molecule has 0 unspecified atom stereocenters. The number of nitriles is 1. The fraction of sp³-hybridized carbons (Fsp3) is 0.0588. The van der Waals surface area contributed by atoms with Gasteiger partial charge in [0.1, 0.15) is 5.75 Å². The monoisotopic (exact) mass is 279 g/mol. The van der Waals surface area contributed by atoms with Crippen LogP contribution in [-0.4, -0.2) is 12.6 Å². The van der Waals surface area contributed by atoms with Crippen molar-refractivity contribution in [2.24, 2.45) is 0 Å². The smallest absolute Gasteiger partial charge is 0.342 e. The molecule has 0 aromatic heterocycles. The number of ether oxygens (including phenoxy) is 1. The summed E-state index contributed by atoms with van der Waals surface area (Å²) in [5, 5.41) is 8.71. The SMILES string of the molecule is N#Cc1ccc(C#Cc2cccc(OC(=O)CF)c2)cc1. The first-order valence-electron chi connectivity index (χ1n) is 6.10. The van der Waals surface area contributed by atoms with Crippen LogP contribution >= 0.6 is 0 Å². The highest BCUT2D eigenvalue weighted by Gasteiger charge is 2.03. The van der Waals surface area contributed by atoms with E-state index in [1.165, 1.54) is 0 Å². The van der Waals surface area contributed by atoms with Crippen LogP contribution in [0.2, 0.25) is 0 Å². The summed E-state index contributed by atoms with van der Waals surface area (Å²) in [5.74, 6) is 5.16. The van der Waals surface area contributed by atoms with E-state index in [-0.39, 0.29) is 5.75 Å². The normalized spacial score (nSPS) is 9.14. The van der Waals surface area contributed by atoms with Crippen molar-refractivity contribution in [2.75, 3.05) is 6.67 Å². The van der Waals surface area contributed by atoms with Gasteiger partial charge in [0.25, 0.3) is 0 Å². The Morgan fingerprint density at radius 1 is 1.05 bits per heavy atom. The third-order valence-corrected chi connectivity index (χ3v) is 2.54. The largest absolute Gasteiger partial charge is 0.425 e. The number of carbonyl (C=O) groups is 1. The Hall–Kier alpha value is -3.11. The van der Waals surface area contributed by atoms with Gasteiger partial charge >= 0.3 is 5.97 Å². The number of hydrogen-bond acceptors (Lipinski definition) is 3. The van der Waals surface area contributed by atoms with Crippen LogP contribution in [0.15, 0.2) is 48.5 Å². The molecule has 0 saturated heterocycles. The minimum atomic E-state index is -1.17. The Morgan fingerprint density at radius 2 is 1.71 bits per heavy atom. The van der Waals surface area contributed by atoms with E-state index in [4.69, 9.17) is 10.00 Å². The fourth-order valence-corrected chi connectivity index (χ4v) is 1.57. The molecule has 0 aliphatic carbocycles. The van der Waals surface area contributed by atoms with Gasteiger partial charge in [-0.05, 0) is 42.5 Å². The van der Waals surface area contributed by atoms with Gasteiger partial charge in [0.2, 0.25) is 0 Å². The molecule has 0 heterocycles. The standard InChI is InChI=1S/C17H10FNO2/c18-11-17(20)21-16-3-1-2-14(10-16)7-4-13-5-8-15(12-19)9-6-13/h1-3,5-6,8-10H,11H2. The van der Waals surface area contributed by atoms with Crippen LogP contribution in [0.5, 0.6) is 5.75 Å². The molecule has 2 aromatic carbocycles. The second kappa shape index (κ2) is 6.88. The fourth-order valence-electron chi connectivity index (χ4n) is 1.57. The van der Waals surface area contributed by atoms with Crippen LogP contribution in [0, 0.1) is 23.2 Å². The van der Waals surface area contributed by atoms with Gasteiger partial charge in [-0.15, -0.1) is 0 Å². The van der Waals surface area contributed by atoms with Crippen LogP contribution in [0.4, 0.5) is 4.39 Å². The molecule has 102 valence electrons. The van der Waals surface area contributed by atoms with Gasteiger partial charge in [-0.3, -0.25) is 0 Å². The summed E-state index contributed by atoms with van der Waals surface area (Å²) in [7, 11) is 0. The van der Waals surface area contributed by atoms with Gasteiger partial charge in [-0.1, -0.05) is 17.9 Å². The molecule has 0 aliphatic rings. The van der Waals surface area contributed by atoms with Crippen molar-refractivity contribution in [3.8, 4) is 23.7 Å². The topological polar surface area (TPSA) is 50.1 Å².